The van der Waals surface area contributed by atoms with Crippen molar-refractivity contribution in [3.05, 3.63) is 70.3 Å². The minimum atomic E-state index is -4.10. The Morgan fingerprint density at radius 3 is 2.62 bits per heavy atom. The summed E-state index contributed by atoms with van der Waals surface area (Å²) in [7, 11) is -4.10. The highest BCUT2D eigenvalue weighted by Crippen LogP contribution is 2.47. The zero-order chi connectivity index (χ0) is 35.0. The Hall–Kier alpha value is -2.63. The van der Waals surface area contributed by atoms with E-state index in [1.54, 1.807) is 25.1 Å². The summed E-state index contributed by atoms with van der Waals surface area (Å²) in [6.45, 7) is 8.99. The average molecular weight is 724 g/mol. The van der Waals surface area contributed by atoms with E-state index in [0.717, 1.165) is 82.5 Å². The van der Waals surface area contributed by atoms with Gasteiger partial charge in [0.2, 0.25) is 0 Å². The highest BCUT2D eigenvalue weighted by molar-refractivity contribution is 7.90. The van der Waals surface area contributed by atoms with E-state index in [9.17, 15) is 18.6 Å². The van der Waals surface area contributed by atoms with Crippen LogP contribution >= 0.6 is 11.6 Å². The number of aliphatic hydroxyl groups is 1. The zero-order valence-corrected chi connectivity index (χ0v) is 31.0. The molecule has 9 nitrogen and oxygen atoms in total. The lowest BCUT2D eigenvalue weighted by Crippen LogP contribution is -2.66. The number of aryl methyl sites for hydroxylation is 1. The van der Waals surface area contributed by atoms with Gasteiger partial charge in [0.15, 0.2) is 0 Å². The van der Waals surface area contributed by atoms with E-state index in [1.807, 2.05) is 37.3 Å². The number of hydrogen-bond donors (Lipinski definition) is 1. The fourth-order valence-electron chi connectivity index (χ4n) is 8.84. The van der Waals surface area contributed by atoms with Crippen molar-refractivity contribution in [2.45, 2.75) is 95.3 Å². The van der Waals surface area contributed by atoms with E-state index in [1.165, 1.54) is 18.4 Å². The lowest BCUT2D eigenvalue weighted by Gasteiger charge is -2.55. The van der Waals surface area contributed by atoms with Crippen molar-refractivity contribution < 1.29 is 23.4 Å². The minimum absolute atomic E-state index is 0.0204. The number of sulfonamides is 1. The zero-order valence-electron chi connectivity index (χ0n) is 29.5. The largest absolute Gasteiger partial charge is 0.858 e. The molecule has 2 bridgehead atoms. The van der Waals surface area contributed by atoms with Crippen molar-refractivity contribution in [3.63, 3.8) is 0 Å². The van der Waals surface area contributed by atoms with E-state index in [0.29, 0.717) is 36.4 Å². The van der Waals surface area contributed by atoms with Gasteiger partial charge in [-0.05, 0) is 124 Å². The summed E-state index contributed by atoms with van der Waals surface area (Å²) in [5.41, 5.74) is 2.09. The Morgan fingerprint density at radius 2 is 1.80 bits per heavy atom. The summed E-state index contributed by atoms with van der Waals surface area (Å²) >= 11 is 6.38. The number of halogens is 1. The summed E-state index contributed by atoms with van der Waals surface area (Å²) in [6, 6.07) is 11.5. The van der Waals surface area contributed by atoms with Gasteiger partial charge in [-0.2, -0.15) is 4.40 Å². The molecule has 4 heterocycles. The molecule has 4 aliphatic heterocycles. The number of fused-ring (bicyclic) bond motifs is 4. The molecular weight excluding hydrogens is 672 g/mol. The molecule has 6 atom stereocenters. The maximum Gasteiger partial charge on any atom is 0.255 e. The monoisotopic (exact) mass is 723 g/mol. The third-order valence-electron chi connectivity index (χ3n) is 12.3. The Kier molecular flexibility index (Phi) is 10.6. The van der Waals surface area contributed by atoms with Gasteiger partial charge < -0.3 is 19.8 Å². The number of ether oxygens (including phenoxy) is 1. The summed E-state index contributed by atoms with van der Waals surface area (Å²) in [6.07, 6.45) is 12.7. The van der Waals surface area contributed by atoms with Gasteiger partial charge in [0.1, 0.15) is 18.1 Å². The van der Waals surface area contributed by atoms with Crippen LogP contribution in [0.15, 0.2) is 52.9 Å². The van der Waals surface area contributed by atoms with Crippen molar-refractivity contribution >= 4 is 33.2 Å². The molecule has 1 N–H and O–H groups in total. The number of nitrogens with zero attached hydrogens (tertiary/aromatic N) is 4. The first-order valence-electron chi connectivity index (χ1n) is 18.7. The number of allylic oxidation sites excluding steroid dienone is 1. The Morgan fingerprint density at radius 1 is 0.960 bits per heavy atom. The van der Waals surface area contributed by atoms with Gasteiger partial charge in [-0.15, -0.1) is 0 Å². The van der Waals surface area contributed by atoms with E-state index >= 15 is 0 Å². The first-order valence-corrected chi connectivity index (χ1v) is 20.6. The van der Waals surface area contributed by atoms with Gasteiger partial charge in [-0.1, -0.05) is 43.2 Å². The molecule has 3 fully saturated rings. The van der Waals surface area contributed by atoms with Crippen molar-refractivity contribution in [1.29, 1.82) is 0 Å². The Labute approximate surface area is 303 Å². The van der Waals surface area contributed by atoms with Crippen molar-refractivity contribution in [1.82, 2.24) is 9.80 Å². The van der Waals surface area contributed by atoms with E-state index < -0.39 is 26.9 Å². The van der Waals surface area contributed by atoms with Crippen LogP contribution in [-0.2, 0) is 23.1 Å². The highest BCUT2D eigenvalue weighted by atomic mass is 35.5. The van der Waals surface area contributed by atoms with Crippen molar-refractivity contribution in [3.8, 4) is 5.75 Å². The fraction of sp³-hybridized carbons (Fsp3) is 0.615. The molecule has 2 aromatic carbocycles. The van der Waals surface area contributed by atoms with Gasteiger partial charge in [0.25, 0.3) is 10.0 Å². The molecular formula is C39H52ClN4O5S-. The topological polar surface area (TPSA) is 109 Å². The van der Waals surface area contributed by atoms with Crippen LogP contribution in [-0.4, -0.2) is 85.5 Å². The van der Waals surface area contributed by atoms with Crippen LogP contribution in [0.25, 0.3) is 0 Å². The predicted octanol–water partition coefficient (Wildman–Crippen LogP) is 5.37. The average Bonchev–Trinajstić information content (AvgIpc) is 3.12. The number of benzene rings is 2. The lowest BCUT2D eigenvalue weighted by atomic mass is 9.66. The van der Waals surface area contributed by atoms with Crippen molar-refractivity contribution in [2.75, 3.05) is 44.2 Å². The summed E-state index contributed by atoms with van der Waals surface area (Å²) < 4.78 is 37.3. The van der Waals surface area contributed by atoms with E-state index in [2.05, 4.69) is 19.1 Å². The highest BCUT2D eigenvalue weighted by Gasteiger charge is 2.50. The molecule has 1 aliphatic carbocycles. The molecule has 0 amide bonds. The lowest BCUT2D eigenvalue weighted by molar-refractivity contribution is -0.212. The van der Waals surface area contributed by atoms with Crippen molar-refractivity contribution in [2.24, 2.45) is 22.2 Å². The number of piperidine rings is 1. The quantitative estimate of drug-likeness (QED) is 0.392. The van der Waals surface area contributed by atoms with Crippen LogP contribution in [0.3, 0.4) is 0 Å². The predicted molar refractivity (Wildman–Crippen MR) is 197 cm³/mol. The van der Waals surface area contributed by atoms with Crippen LogP contribution in [0, 0.1) is 17.8 Å². The van der Waals surface area contributed by atoms with Gasteiger partial charge in [-0.3, -0.25) is 9.80 Å². The molecule has 0 unspecified atom stereocenters. The summed E-state index contributed by atoms with van der Waals surface area (Å²) in [5, 5.41) is 26.2. The number of anilines is 1. The van der Waals surface area contributed by atoms with Crippen LogP contribution in [0.5, 0.6) is 5.75 Å². The number of hydrogen-bond acceptors (Lipinski definition) is 8. The smallest absolute Gasteiger partial charge is 0.255 e. The number of piperazine rings is 1. The molecule has 7 rings (SSSR count). The first kappa shape index (κ1) is 35.8. The molecule has 50 heavy (non-hydrogen) atoms. The molecule has 0 aromatic heterocycles. The fourth-order valence-corrected chi connectivity index (χ4v) is 10.2. The van der Waals surface area contributed by atoms with E-state index in [-0.39, 0.29) is 23.3 Å². The molecule has 0 spiro atoms. The number of rotatable bonds is 1. The summed E-state index contributed by atoms with van der Waals surface area (Å²) in [4.78, 5) is 7.22. The van der Waals surface area contributed by atoms with Gasteiger partial charge in [0.05, 0.1) is 10.9 Å². The molecule has 2 saturated heterocycles. The molecule has 5 aliphatic rings. The first-order chi connectivity index (χ1) is 24.0. The molecule has 1 saturated carbocycles. The minimum Gasteiger partial charge on any atom is -0.858 e. The second-order valence-electron chi connectivity index (χ2n) is 15.4. The molecule has 0 radical (unpaired) electrons. The normalized spacial score (nSPS) is 34.3. The second-order valence-corrected chi connectivity index (χ2v) is 17.8. The van der Waals surface area contributed by atoms with Crippen LogP contribution < -0.4 is 14.7 Å². The molecule has 2 aromatic rings. The van der Waals surface area contributed by atoms with Gasteiger partial charge >= 0.3 is 0 Å². The van der Waals surface area contributed by atoms with Gasteiger partial charge in [-0.25, -0.2) is 8.42 Å². The van der Waals surface area contributed by atoms with Crippen LogP contribution in [0.1, 0.15) is 81.9 Å². The molecule has 11 heteroatoms. The molecule has 272 valence electrons. The SMILES string of the molecule is C[C@@H]1[C@@H](C)C/C=C/[C@](O)(N2CCN3CCCC[C@@H]3C2)[C@@H]2CC[C@H]2CN2CCCCc3cc(Cl)ccc3COc3ccc(cc32)/C([O-])=N/S1(=O)=O. The van der Waals surface area contributed by atoms with E-state index in [4.69, 9.17) is 16.3 Å². The Bertz CT molecular complexity index is 1720. The summed E-state index contributed by atoms with van der Waals surface area (Å²) in [5.74, 6) is -0.189. The third-order valence-corrected chi connectivity index (χ3v) is 14.4. The van der Waals surface area contributed by atoms with Crippen LogP contribution in [0.2, 0.25) is 5.02 Å². The Balaban J connectivity index is 1.28. The standard InChI is InChI=1S/C39H53ClN4O5S/c1-27-8-7-17-39(46,44-21-20-42-18-6-4-10-34(42)25-44)35-15-12-31(35)24-43-19-5-3-9-29-22-33(40)14-11-32(29)26-49-37-16-13-30(23-36(37)43)38(45)41-50(47,48)28(27)2/h7,11,13-14,16-17,22-23,27-28,31,34-35,46H,3-6,8-10,12,15,18-21,24-26H2,1-2H3,(H,41,45)/p-1/b17-7+/t27-,28+,31-,34+,35+,39+/m0/s1. The van der Waals surface area contributed by atoms with Gasteiger partial charge in [0, 0.05) is 55.6 Å². The maximum absolute atomic E-state index is 13.5. The van der Waals surface area contributed by atoms with Crippen LogP contribution in [0.4, 0.5) is 5.69 Å². The second kappa shape index (κ2) is 14.8. The third kappa shape index (κ3) is 7.33. The maximum atomic E-state index is 13.5.